The van der Waals surface area contributed by atoms with Gasteiger partial charge in [-0.2, -0.15) is 8.42 Å². The third-order valence-electron chi connectivity index (χ3n) is 3.51. The summed E-state index contributed by atoms with van der Waals surface area (Å²) in [7, 11) is -3.09. The molecule has 9 nitrogen and oxygen atoms in total. The molecule has 26 heavy (non-hydrogen) atoms. The van der Waals surface area contributed by atoms with Gasteiger partial charge in [0.2, 0.25) is 0 Å². The lowest BCUT2D eigenvalue weighted by Gasteiger charge is -2.16. The van der Waals surface area contributed by atoms with Crippen LogP contribution in [0.15, 0.2) is 18.2 Å². The number of carbonyl (C=O) groups is 3. The van der Waals surface area contributed by atoms with Gasteiger partial charge in [0.1, 0.15) is 11.8 Å². The van der Waals surface area contributed by atoms with Gasteiger partial charge in [-0.15, -0.1) is 0 Å². The van der Waals surface area contributed by atoms with Crippen LogP contribution in [0.5, 0.6) is 5.75 Å². The van der Waals surface area contributed by atoms with Gasteiger partial charge in [-0.3, -0.25) is 14.1 Å². The van der Waals surface area contributed by atoms with E-state index in [1.165, 1.54) is 25.3 Å². The van der Waals surface area contributed by atoms with Crippen molar-refractivity contribution in [3.8, 4) is 5.75 Å². The number of carboxylic acid groups (broad SMARTS) is 1. The Morgan fingerprint density at radius 3 is 2.35 bits per heavy atom. The van der Waals surface area contributed by atoms with Crippen LogP contribution >= 0.6 is 0 Å². The molecule has 0 aliphatic carbocycles. The number of rotatable bonds is 10. The normalized spacial score (nSPS) is 12.3. The molecule has 0 radical (unpaired) electrons. The first-order valence-electron chi connectivity index (χ1n) is 7.79. The molecule has 1 aromatic rings. The van der Waals surface area contributed by atoms with Crippen LogP contribution in [-0.2, 0) is 14.9 Å². The minimum atomic E-state index is -4.37. The van der Waals surface area contributed by atoms with E-state index >= 15 is 0 Å². The first kappa shape index (κ1) is 21.6. The average molecular weight is 387 g/mol. The summed E-state index contributed by atoms with van der Waals surface area (Å²) in [5.41, 5.74) is 0.152. The zero-order valence-electron chi connectivity index (χ0n) is 14.4. The van der Waals surface area contributed by atoms with Gasteiger partial charge in [-0.25, -0.2) is 4.79 Å². The topological polar surface area (TPSA) is 147 Å². The Kier molecular flexibility index (Phi) is 7.72. The van der Waals surface area contributed by atoms with Crippen molar-refractivity contribution < 1.29 is 37.2 Å². The molecule has 10 heteroatoms. The number of carbonyl (C=O) groups excluding carboxylic acids is 2. The van der Waals surface area contributed by atoms with Crippen molar-refractivity contribution in [3.05, 3.63) is 29.3 Å². The third-order valence-corrected chi connectivity index (χ3v) is 4.26. The van der Waals surface area contributed by atoms with Crippen LogP contribution < -0.4 is 10.1 Å². The van der Waals surface area contributed by atoms with Crippen molar-refractivity contribution in [2.24, 2.45) is 0 Å². The van der Waals surface area contributed by atoms with Crippen LogP contribution in [-0.4, -0.2) is 54.6 Å². The monoisotopic (exact) mass is 387 g/mol. The molecule has 0 bridgehead atoms. The summed E-state index contributed by atoms with van der Waals surface area (Å²) >= 11 is 0. The van der Waals surface area contributed by atoms with E-state index < -0.39 is 40.2 Å². The van der Waals surface area contributed by atoms with Gasteiger partial charge in [0.05, 0.1) is 24.0 Å². The first-order chi connectivity index (χ1) is 12.1. The van der Waals surface area contributed by atoms with Gasteiger partial charge < -0.3 is 15.2 Å². The lowest BCUT2D eigenvalue weighted by atomic mass is 10.0. The Morgan fingerprint density at radius 1 is 1.23 bits per heavy atom. The molecule has 1 aromatic carbocycles. The summed E-state index contributed by atoms with van der Waals surface area (Å²) in [4.78, 5) is 35.8. The number of Topliss-reactive ketones (excluding diaryl/α,β-unsaturated/α-hetero) is 1. The van der Waals surface area contributed by atoms with E-state index in [9.17, 15) is 22.8 Å². The third kappa shape index (κ3) is 6.12. The number of methoxy groups -OCH3 is 1. The van der Waals surface area contributed by atoms with Gasteiger partial charge in [0, 0.05) is 6.42 Å². The number of benzene rings is 1. The molecular formula is C16H21NO8S. The molecule has 0 saturated heterocycles. The fourth-order valence-corrected chi connectivity index (χ4v) is 2.81. The van der Waals surface area contributed by atoms with E-state index in [2.05, 4.69) is 5.32 Å². The molecule has 0 saturated carbocycles. The number of aliphatic carboxylic acids is 1. The second-order valence-corrected chi connectivity index (χ2v) is 7.07. The van der Waals surface area contributed by atoms with E-state index in [-0.39, 0.29) is 29.1 Å². The van der Waals surface area contributed by atoms with Gasteiger partial charge >= 0.3 is 5.97 Å². The Morgan fingerprint density at radius 2 is 1.85 bits per heavy atom. The molecule has 3 N–H and O–H groups in total. The first-order valence-corrected chi connectivity index (χ1v) is 9.40. The number of carboxylic acids is 1. The van der Waals surface area contributed by atoms with Gasteiger partial charge in [-0.05, 0) is 25.0 Å². The molecule has 0 aliphatic rings. The van der Waals surface area contributed by atoms with Crippen LogP contribution in [0.4, 0.5) is 0 Å². The summed E-state index contributed by atoms with van der Waals surface area (Å²) in [6, 6.07) is 2.79. The molecule has 1 amide bonds. The molecule has 144 valence electrons. The highest BCUT2D eigenvalue weighted by Crippen LogP contribution is 2.25. The Hall–Kier alpha value is -2.46. The van der Waals surface area contributed by atoms with E-state index in [1.807, 2.05) is 6.92 Å². The fraction of sp³-hybridized carbons (Fsp3) is 0.438. The summed E-state index contributed by atoms with van der Waals surface area (Å²) in [6.45, 7) is 1.83. The highest BCUT2D eigenvalue weighted by molar-refractivity contribution is 7.85. The summed E-state index contributed by atoms with van der Waals surface area (Å²) in [5, 5.41) is 11.3. The summed E-state index contributed by atoms with van der Waals surface area (Å²) < 4.78 is 35.5. The molecule has 0 fully saturated rings. The molecule has 0 heterocycles. The zero-order chi connectivity index (χ0) is 19.9. The van der Waals surface area contributed by atoms with Crippen molar-refractivity contribution in [1.82, 2.24) is 5.32 Å². The number of nitrogens with one attached hydrogen (secondary N) is 1. The number of para-hydroxylation sites is 1. The van der Waals surface area contributed by atoms with Crippen molar-refractivity contribution in [1.29, 1.82) is 0 Å². The quantitative estimate of drug-likeness (QED) is 0.400. The van der Waals surface area contributed by atoms with E-state index in [0.717, 1.165) is 0 Å². The summed E-state index contributed by atoms with van der Waals surface area (Å²) in [6.07, 6.45) is 0.347. The van der Waals surface area contributed by atoms with Gasteiger partial charge in [0.25, 0.3) is 16.0 Å². The highest BCUT2D eigenvalue weighted by atomic mass is 32.2. The lowest BCUT2D eigenvalue weighted by Crippen LogP contribution is -2.42. The van der Waals surface area contributed by atoms with Crippen molar-refractivity contribution >= 4 is 27.8 Å². The van der Waals surface area contributed by atoms with Crippen LogP contribution in [0, 0.1) is 0 Å². The zero-order valence-corrected chi connectivity index (χ0v) is 15.2. The van der Waals surface area contributed by atoms with Crippen molar-refractivity contribution in [2.75, 3.05) is 12.9 Å². The second kappa shape index (κ2) is 9.30. The van der Waals surface area contributed by atoms with Crippen LogP contribution in [0.1, 0.15) is 46.9 Å². The largest absolute Gasteiger partial charge is 0.495 e. The maximum Gasteiger partial charge on any atom is 0.326 e. The van der Waals surface area contributed by atoms with E-state index in [4.69, 9.17) is 14.4 Å². The molecular weight excluding hydrogens is 366 g/mol. The van der Waals surface area contributed by atoms with Gasteiger partial charge in [0.15, 0.2) is 5.78 Å². The standard InChI is InChI=1S/C16H21NO8S/c1-3-5-13(18)10-6-4-7-11(14(10)25-2)15(19)17-12(16(20)21)8-9-26(22,23)24/h4,6-7,12H,3,5,8-9H2,1-2H3,(H,17,19)(H,20,21)(H,22,23,24)/t12-/m0/s1. The van der Waals surface area contributed by atoms with Crippen LogP contribution in [0.25, 0.3) is 0 Å². The number of ether oxygens (including phenoxy) is 1. The van der Waals surface area contributed by atoms with E-state index in [1.54, 1.807) is 0 Å². The van der Waals surface area contributed by atoms with Crippen LogP contribution in [0.2, 0.25) is 0 Å². The van der Waals surface area contributed by atoms with Crippen molar-refractivity contribution in [2.45, 2.75) is 32.2 Å². The Labute approximate surface area is 151 Å². The molecule has 0 aromatic heterocycles. The lowest BCUT2D eigenvalue weighted by molar-refractivity contribution is -0.139. The van der Waals surface area contributed by atoms with Gasteiger partial charge in [-0.1, -0.05) is 13.0 Å². The minimum Gasteiger partial charge on any atom is -0.495 e. The molecule has 1 atom stereocenters. The number of ketones is 1. The number of hydrogen-bond acceptors (Lipinski definition) is 6. The van der Waals surface area contributed by atoms with E-state index in [0.29, 0.717) is 6.42 Å². The number of hydrogen-bond donors (Lipinski definition) is 3. The predicted molar refractivity (Wildman–Crippen MR) is 92.2 cm³/mol. The Bertz CT molecular complexity index is 787. The summed E-state index contributed by atoms with van der Waals surface area (Å²) in [5.74, 6) is -3.33. The maximum absolute atomic E-state index is 12.4. The molecule has 0 unspecified atom stereocenters. The number of amides is 1. The SMILES string of the molecule is CCCC(=O)c1cccc(C(=O)N[C@@H](CCS(=O)(=O)O)C(=O)O)c1OC. The molecule has 1 rings (SSSR count). The predicted octanol–water partition coefficient (Wildman–Crippen LogP) is 1.14. The molecule has 0 aliphatic heterocycles. The Balaban J connectivity index is 3.09. The fourth-order valence-electron chi connectivity index (χ4n) is 2.28. The second-order valence-electron chi connectivity index (χ2n) is 5.50. The average Bonchev–Trinajstić information content (AvgIpc) is 2.56. The maximum atomic E-state index is 12.4. The van der Waals surface area contributed by atoms with Crippen LogP contribution in [0.3, 0.4) is 0 Å². The smallest absolute Gasteiger partial charge is 0.326 e. The van der Waals surface area contributed by atoms with Crippen molar-refractivity contribution in [3.63, 3.8) is 0 Å². The molecule has 0 spiro atoms. The highest BCUT2D eigenvalue weighted by Gasteiger charge is 2.25. The minimum absolute atomic E-state index is 0.0161.